The Balaban J connectivity index is 2.12. The van der Waals surface area contributed by atoms with E-state index in [1.807, 2.05) is 12.1 Å². The molecule has 0 N–H and O–H groups in total. The summed E-state index contributed by atoms with van der Waals surface area (Å²) >= 11 is 9.92. The van der Waals surface area contributed by atoms with Crippen molar-refractivity contribution < 1.29 is 9.47 Å². The van der Waals surface area contributed by atoms with Crippen LogP contribution in [0.3, 0.4) is 0 Å². The lowest BCUT2D eigenvalue weighted by molar-refractivity contribution is 0.0662. The molecule has 0 bridgehead atoms. The van der Waals surface area contributed by atoms with Crippen LogP contribution in [0.15, 0.2) is 18.2 Å². The molecule has 2 nitrogen and oxygen atoms in total. The van der Waals surface area contributed by atoms with Crippen molar-refractivity contribution in [3.63, 3.8) is 0 Å². The molecule has 1 aliphatic rings. The van der Waals surface area contributed by atoms with Gasteiger partial charge in [-0.1, -0.05) is 33.6 Å². The normalized spacial score (nSPS) is 19.0. The van der Waals surface area contributed by atoms with Crippen molar-refractivity contribution in [3.05, 3.63) is 28.8 Å². The Morgan fingerprint density at radius 3 is 2.71 bits per heavy atom. The molecule has 1 heterocycles. The van der Waals surface area contributed by atoms with E-state index in [0.29, 0.717) is 15.8 Å². The zero-order valence-corrected chi connectivity index (χ0v) is 12.1. The number of hydrogen-bond donors (Lipinski definition) is 0. The van der Waals surface area contributed by atoms with Gasteiger partial charge in [0.05, 0.1) is 12.1 Å². The van der Waals surface area contributed by atoms with Crippen LogP contribution in [0, 0.1) is 5.92 Å². The molecule has 1 aliphatic heterocycles. The summed E-state index contributed by atoms with van der Waals surface area (Å²) in [5, 5.41) is 0.668. The van der Waals surface area contributed by atoms with Gasteiger partial charge in [0.1, 0.15) is 5.75 Å². The summed E-state index contributed by atoms with van der Waals surface area (Å²) in [6.07, 6.45) is 2.19. The second-order valence-corrected chi connectivity index (χ2v) is 5.64. The van der Waals surface area contributed by atoms with Crippen LogP contribution in [0.4, 0.5) is 0 Å². The quantitative estimate of drug-likeness (QED) is 0.777. The van der Waals surface area contributed by atoms with Gasteiger partial charge in [0.25, 0.3) is 0 Å². The van der Waals surface area contributed by atoms with E-state index in [-0.39, 0.29) is 0 Å². The predicted octanol–water partition coefficient (Wildman–Crippen LogP) is 4.21. The second-order valence-electron chi connectivity index (χ2n) is 4.25. The van der Waals surface area contributed by atoms with E-state index in [4.69, 9.17) is 21.1 Å². The molecule has 0 spiro atoms. The van der Waals surface area contributed by atoms with Gasteiger partial charge in [0.2, 0.25) is 0 Å². The van der Waals surface area contributed by atoms with Crippen LogP contribution in [-0.2, 0) is 4.74 Å². The molecular formula is C13H16BrClO2. The minimum absolute atomic E-state index is 0.342. The molecule has 1 fully saturated rings. The first-order chi connectivity index (χ1) is 8.22. The van der Waals surface area contributed by atoms with Crippen LogP contribution < -0.4 is 4.74 Å². The number of hydrogen-bond acceptors (Lipinski definition) is 2. The smallest absolute Gasteiger partial charge is 0.137 e. The van der Waals surface area contributed by atoms with Gasteiger partial charge in [-0.2, -0.15) is 0 Å². The number of benzene rings is 1. The summed E-state index contributed by atoms with van der Waals surface area (Å²) in [5.41, 5.74) is 1.21. The van der Waals surface area contributed by atoms with E-state index in [2.05, 4.69) is 22.0 Å². The lowest BCUT2D eigenvalue weighted by atomic mass is 9.92. The van der Waals surface area contributed by atoms with Crippen molar-refractivity contribution in [2.75, 3.05) is 20.3 Å². The lowest BCUT2D eigenvalue weighted by Gasteiger charge is -2.27. The van der Waals surface area contributed by atoms with E-state index in [1.54, 1.807) is 7.11 Å². The van der Waals surface area contributed by atoms with Gasteiger partial charge in [-0.15, -0.1) is 0 Å². The maximum Gasteiger partial charge on any atom is 0.137 e. The minimum Gasteiger partial charge on any atom is -0.495 e. The third-order valence-electron chi connectivity index (χ3n) is 3.17. The van der Waals surface area contributed by atoms with Crippen LogP contribution in [0.5, 0.6) is 5.75 Å². The first-order valence-electron chi connectivity index (χ1n) is 5.77. The van der Waals surface area contributed by atoms with Crippen LogP contribution in [-0.4, -0.2) is 20.3 Å². The van der Waals surface area contributed by atoms with E-state index in [9.17, 15) is 0 Å². The van der Waals surface area contributed by atoms with Crippen molar-refractivity contribution in [2.24, 2.45) is 5.92 Å². The highest BCUT2D eigenvalue weighted by Gasteiger charge is 2.23. The van der Waals surface area contributed by atoms with Crippen molar-refractivity contribution in [2.45, 2.75) is 17.7 Å². The summed E-state index contributed by atoms with van der Waals surface area (Å²) < 4.78 is 10.5. The molecule has 0 aromatic heterocycles. The Kier molecular flexibility index (Phi) is 4.71. The monoisotopic (exact) mass is 318 g/mol. The predicted molar refractivity (Wildman–Crippen MR) is 73.2 cm³/mol. The highest BCUT2D eigenvalue weighted by molar-refractivity contribution is 9.09. The van der Waals surface area contributed by atoms with E-state index in [0.717, 1.165) is 31.8 Å². The van der Waals surface area contributed by atoms with Crippen molar-refractivity contribution in [3.8, 4) is 5.75 Å². The first-order valence-corrected chi connectivity index (χ1v) is 7.07. The Morgan fingerprint density at radius 1 is 1.41 bits per heavy atom. The number of halogens is 2. The third-order valence-corrected chi connectivity index (χ3v) is 4.75. The molecule has 2 rings (SSSR count). The minimum atomic E-state index is 0.342. The van der Waals surface area contributed by atoms with Crippen LogP contribution in [0.25, 0.3) is 0 Å². The average Bonchev–Trinajstić information content (AvgIpc) is 2.39. The molecular weight excluding hydrogens is 303 g/mol. The highest BCUT2D eigenvalue weighted by atomic mass is 79.9. The van der Waals surface area contributed by atoms with Gasteiger partial charge < -0.3 is 9.47 Å². The summed E-state index contributed by atoms with van der Waals surface area (Å²) in [6, 6.07) is 5.97. The van der Waals surface area contributed by atoms with Crippen LogP contribution >= 0.6 is 27.5 Å². The fourth-order valence-electron chi connectivity index (χ4n) is 2.13. The zero-order chi connectivity index (χ0) is 12.3. The fourth-order valence-corrected chi connectivity index (χ4v) is 3.21. The Morgan fingerprint density at radius 2 is 2.12 bits per heavy atom. The van der Waals surface area contributed by atoms with E-state index >= 15 is 0 Å². The largest absolute Gasteiger partial charge is 0.495 e. The molecule has 4 heteroatoms. The van der Waals surface area contributed by atoms with Gasteiger partial charge >= 0.3 is 0 Å². The standard InChI is InChI=1S/C13H16BrClO2/c1-16-12-3-2-10(8-11(12)15)13(14)9-4-6-17-7-5-9/h2-3,8-9,13H,4-7H2,1H3. The first kappa shape index (κ1) is 13.2. The van der Waals surface area contributed by atoms with E-state index < -0.39 is 0 Å². The maximum absolute atomic E-state index is 6.14. The molecule has 0 amide bonds. The molecule has 94 valence electrons. The molecule has 1 unspecified atom stereocenters. The SMILES string of the molecule is COc1ccc(C(Br)C2CCOCC2)cc1Cl. The Bertz CT molecular complexity index is 378. The molecule has 1 aromatic rings. The van der Waals surface area contributed by atoms with Crippen LogP contribution in [0.1, 0.15) is 23.2 Å². The van der Waals surface area contributed by atoms with Gasteiger partial charge in [0.15, 0.2) is 0 Å². The van der Waals surface area contributed by atoms with Crippen molar-refractivity contribution in [1.29, 1.82) is 0 Å². The molecule has 0 aliphatic carbocycles. The summed E-state index contributed by atoms with van der Waals surface area (Å²) in [4.78, 5) is 0.342. The molecule has 0 radical (unpaired) electrons. The van der Waals surface area contributed by atoms with Crippen molar-refractivity contribution >= 4 is 27.5 Å². The maximum atomic E-state index is 6.14. The molecule has 17 heavy (non-hydrogen) atoms. The second kappa shape index (κ2) is 6.07. The molecule has 1 aromatic carbocycles. The summed E-state index contributed by atoms with van der Waals surface area (Å²) in [7, 11) is 1.63. The van der Waals surface area contributed by atoms with Gasteiger partial charge in [0, 0.05) is 18.0 Å². The Labute approximate surface area is 115 Å². The molecule has 1 saturated heterocycles. The third kappa shape index (κ3) is 3.15. The number of ether oxygens (including phenoxy) is 2. The fraction of sp³-hybridized carbons (Fsp3) is 0.538. The molecule has 0 saturated carbocycles. The zero-order valence-electron chi connectivity index (χ0n) is 9.79. The van der Waals surface area contributed by atoms with Gasteiger partial charge in [-0.05, 0) is 36.5 Å². The van der Waals surface area contributed by atoms with Gasteiger partial charge in [-0.25, -0.2) is 0 Å². The summed E-state index contributed by atoms with van der Waals surface area (Å²) in [5.74, 6) is 1.34. The highest BCUT2D eigenvalue weighted by Crippen LogP contribution is 2.39. The lowest BCUT2D eigenvalue weighted by Crippen LogP contribution is -2.19. The average molecular weight is 320 g/mol. The molecule has 1 atom stereocenters. The van der Waals surface area contributed by atoms with Gasteiger partial charge in [-0.3, -0.25) is 0 Å². The number of methoxy groups -OCH3 is 1. The van der Waals surface area contributed by atoms with E-state index in [1.165, 1.54) is 5.56 Å². The number of alkyl halides is 1. The number of rotatable bonds is 3. The Hall–Kier alpha value is -0.250. The summed E-state index contributed by atoms with van der Waals surface area (Å²) in [6.45, 7) is 1.72. The topological polar surface area (TPSA) is 18.5 Å². The van der Waals surface area contributed by atoms with Crippen LogP contribution in [0.2, 0.25) is 5.02 Å². The van der Waals surface area contributed by atoms with Crippen molar-refractivity contribution in [1.82, 2.24) is 0 Å².